The van der Waals surface area contributed by atoms with Gasteiger partial charge in [0.15, 0.2) is 5.96 Å². The molecule has 1 unspecified atom stereocenters. The van der Waals surface area contributed by atoms with Crippen LogP contribution in [0, 0.1) is 12.3 Å². The van der Waals surface area contributed by atoms with Gasteiger partial charge in [-0.15, -0.1) is 0 Å². The SMILES string of the molecule is CN=C(NCc1coc(-c2ccc(C)cc2)n1)N1CCCC2(CNC(=O)C2)C1. The minimum absolute atomic E-state index is 0.0411. The minimum Gasteiger partial charge on any atom is -0.444 e. The van der Waals surface area contributed by atoms with Crippen molar-refractivity contribution in [2.45, 2.75) is 32.7 Å². The first-order valence-electron chi connectivity index (χ1n) is 9.81. The second-order valence-corrected chi connectivity index (χ2v) is 7.89. The molecule has 7 nitrogen and oxygen atoms in total. The Bertz CT molecular complexity index is 873. The van der Waals surface area contributed by atoms with E-state index in [0.29, 0.717) is 18.9 Å². The van der Waals surface area contributed by atoms with Crippen LogP contribution in [0.2, 0.25) is 0 Å². The van der Waals surface area contributed by atoms with Crippen molar-refractivity contribution in [2.75, 3.05) is 26.7 Å². The highest BCUT2D eigenvalue weighted by atomic mass is 16.3. The molecule has 1 aromatic carbocycles. The molecular formula is C21H27N5O2. The summed E-state index contributed by atoms with van der Waals surface area (Å²) in [5.74, 6) is 1.63. The Balaban J connectivity index is 1.38. The third-order valence-electron chi connectivity index (χ3n) is 5.65. The fraction of sp³-hybridized carbons (Fsp3) is 0.476. The first-order chi connectivity index (χ1) is 13.6. The van der Waals surface area contributed by atoms with Gasteiger partial charge in [0, 0.05) is 44.1 Å². The van der Waals surface area contributed by atoms with Crippen LogP contribution in [0.1, 0.15) is 30.5 Å². The van der Waals surface area contributed by atoms with Gasteiger partial charge in [0.1, 0.15) is 6.26 Å². The molecule has 2 aromatic rings. The highest BCUT2D eigenvalue weighted by Gasteiger charge is 2.42. The number of guanidine groups is 1. The quantitative estimate of drug-likeness (QED) is 0.630. The lowest BCUT2D eigenvalue weighted by atomic mass is 9.79. The monoisotopic (exact) mass is 381 g/mol. The van der Waals surface area contributed by atoms with E-state index < -0.39 is 0 Å². The Morgan fingerprint density at radius 2 is 2.21 bits per heavy atom. The van der Waals surface area contributed by atoms with Crippen molar-refractivity contribution in [3.8, 4) is 11.5 Å². The van der Waals surface area contributed by atoms with Crippen molar-refractivity contribution in [3.63, 3.8) is 0 Å². The van der Waals surface area contributed by atoms with Crippen molar-refractivity contribution >= 4 is 11.9 Å². The van der Waals surface area contributed by atoms with E-state index >= 15 is 0 Å². The molecule has 1 spiro atoms. The highest BCUT2D eigenvalue weighted by Crippen LogP contribution is 2.36. The lowest BCUT2D eigenvalue weighted by Crippen LogP contribution is -2.51. The number of aromatic nitrogens is 1. The van der Waals surface area contributed by atoms with E-state index in [9.17, 15) is 4.79 Å². The number of likely N-dealkylation sites (tertiary alicyclic amines) is 1. The maximum Gasteiger partial charge on any atom is 0.226 e. The molecule has 2 fully saturated rings. The molecule has 0 saturated carbocycles. The van der Waals surface area contributed by atoms with Gasteiger partial charge in [-0.05, 0) is 31.9 Å². The lowest BCUT2D eigenvalue weighted by Gasteiger charge is -2.40. The number of piperidine rings is 1. The van der Waals surface area contributed by atoms with Gasteiger partial charge in [-0.2, -0.15) is 0 Å². The molecule has 7 heteroatoms. The largest absolute Gasteiger partial charge is 0.444 e. The van der Waals surface area contributed by atoms with Gasteiger partial charge in [0.05, 0.1) is 12.2 Å². The smallest absolute Gasteiger partial charge is 0.226 e. The van der Waals surface area contributed by atoms with Crippen molar-refractivity contribution in [1.29, 1.82) is 0 Å². The van der Waals surface area contributed by atoms with Crippen LogP contribution < -0.4 is 10.6 Å². The summed E-state index contributed by atoms with van der Waals surface area (Å²) in [6, 6.07) is 8.13. The van der Waals surface area contributed by atoms with Crippen molar-refractivity contribution in [2.24, 2.45) is 10.4 Å². The van der Waals surface area contributed by atoms with Gasteiger partial charge in [-0.25, -0.2) is 4.98 Å². The zero-order chi connectivity index (χ0) is 19.6. The molecule has 4 rings (SSSR count). The molecule has 2 aliphatic heterocycles. The van der Waals surface area contributed by atoms with Crippen LogP contribution in [0.15, 0.2) is 39.9 Å². The highest BCUT2D eigenvalue weighted by molar-refractivity contribution is 5.81. The summed E-state index contributed by atoms with van der Waals surface area (Å²) >= 11 is 0. The normalized spacial score (nSPS) is 22.6. The topological polar surface area (TPSA) is 82.8 Å². The number of benzene rings is 1. The third-order valence-corrected chi connectivity index (χ3v) is 5.65. The number of hydrogen-bond acceptors (Lipinski definition) is 4. The van der Waals surface area contributed by atoms with Crippen LogP contribution >= 0.6 is 0 Å². The number of nitrogens with one attached hydrogen (secondary N) is 2. The van der Waals surface area contributed by atoms with Crippen molar-refractivity contribution in [1.82, 2.24) is 20.5 Å². The summed E-state index contributed by atoms with van der Waals surface area (Å²) in [4.78, 5) is 23.0. The molecule has 1 atom stereocenters. The van der Waals surface area contributed by atoms with Crippen LogP contribution in [-0.2, 0) is 11.3 Å². The zero-order valence-corrected chi connectivity index (χ0v) is 16.5. The molecular weight excluding hydrogens is 354 g/mol. The summed E-state index contributed by atoms with van der Waals surface area (Å²) in [7, 11) is 1.79. The average molecular weight is 381 g/mol. The van der Waals surface area contributed by atoms with E-state index in [2.05, 4.69) is 32.4 Å². The fourth-order valence-electron chi connectivity index (χ4n) is 4.15. The Morgan fingerprint density at radius 1 is 1.39 bits per heavy atom. The average Bonchev–Trinajstić information content (AvgIpc) is 3.30. The summed E-state index contributed by atoms with van der Waals surface area (Å²) in [5, 5.41) is 6.38. The molecule has 2 saturated heterocycles. The molecule has 0 radical (unpaired) electrons. The standard InChI is InChI=1S/C21H27N5O2/c1-15-4-6-16(7-5-15)19-25-17(12-28-19)11-23-20(22-2)26-9-3-8-21(14-26)10-18(27)24-13-21/h4-7,12H,3,8-11,13-14H2,1-2H3,(H,22,23)(H,24,27). The van der Waals surface area contributed by atoms with Crippen LogP contribution in [0.4, 0.5) is 0 Å². The maximum absolute atomic E-state index is 11.7. The van der Waals surface area contributed by atoms with Gasteiger partial charge in [0.25, 0.3) is 0 Å². The van der Waals surface area contributed by atoms with Crippen LogP contribution in [0.25, 0.3) is 11.5 Å². The molecule has 148 valence electrons. The van der Waals surface area contributed by atoms with Gasteiger partial charge in [-0.3, -0.25) is 9.79 Å². The van der Waals surface area contributed by atoms with E-state index in [1.165, 1.54) is 5.56 Å². The molecule has 28 heavy (non-hydrogen) atoms. The van der Waals surface area contributed by atoms with Crippen LogP contribution in [0.3, 0.4) is 0 Å². The third kappa shape index (κ3) is 3.88. The van der Waals surface area contributed by atoms with Crippen molar-refractivity contribution < 1.29 is 9.21 Å². The van der Waals surface area contributed by atoms with Crippen LogP contribution in [-0.4, -0.2) is 48.4 Å². The number of aryl methyl sites for hydroxylation is 1. The minimum atomic E-state index is 0.0411. The predicted octanol–water partition coefficient (Wildman–Crippen LogP) is 2.33. The number of oxazole rings is 1. The Hall–Kier alpha value is -2.83. The summed E-state index contributed by atoms with van der Waals surface area (Å²) in [5.41, 5.74) is 3.05. The van der Waals surface area contributed by atoms with Gasteiger partial charge in [-0.1, -0.05) is 17.7 Å². The molecule has 1 amide bonds. The maximum atomic E-state index is 11.7. The number of nitrogens with zero attached hydrogens (tertiary/aromatic N) is 3. The number of carbonyl (C=O) groups is 1. The first-order valence-corrected chi connectivity index (χ1v) is 9.81. The van der Waals surface area contributed by atoms with Gasteiger partial charge < -0.3 is 20.0 Å². The van der Waals surface area contributed by atoms with Crippen molar-refractivity contribution in [3.05, 3.63) is 41.8 Å². The Labute approximate surface area is 165 Å². The number of carbonyl (C=O) groups excluding carboxylic acids is 1. The molecule has 0 bridgehead atoms. The number of rotatable bonds is 3. The number of aliphatic imine (C=N–C) groups is 1. The Kier molecular flexibility index (Phi) is 5.07. The van der Waals surface area contributed by atoms with Gasteiger partial charge in [0.2, 0.25) is 11.8 Å². The fourth-order valence-corrected chi connectivity index (χ4v) is 4.15. The van der Waals surface area contributed by atoms with E-state index in [0.717, 1.165) is 49.7 Å². The second-order valence-electron chi connectivity index (χ2n) is 7.89. The second kappa shape index (κ2) is 7.66. The summed E-state index contributed by atoms with van der Waals surface area (Å²) in [6.07, 6.45) is 4.45. The van der Waals surface area contributed by atoms with E-state index in [-0.39, 0.29) is 11.3 Å². The van der Waals surface area contributed by atoms with E-state index in [1.54, 1.807) is 13.3 Å². The molecule has 1 aromatic heterocycles. The lowest BCUT2D eigenvalue weighted by molar-refractivity contribution is -0.119. The van der Waals surface area contributed by atoms with E-state index in [4.69, 9.17) is 4.42 Å². The van der Waals surface area contributed by atoms with E-state index in [1.807, 2.05) is 24.3 Å². The molecule has 2 N–H and O–H groups in total. The Morgan fingerprint density at radius 3 is 2.93 bits per heavy atom. The molecule has 3 heterocycles. The molecule has 2 aliphatic rings. The number of amides is 1. The van der Waals surface area contributed by atoms with Crippen LogP contribution in [0.5, 0.6) is 0 Å². The summed E-state index contributed by atoms with van der Waals surface area (Å²) < 4.78 is 5.64. The summed E-state index contributed by atoms with van der Waals surface area (Å²) in [6.45, 7) is 5.16. The predicted molar refractivity (Wildman–Crippen MR) is 108 cm³/mol. The van der Waals surface area contributed by atoms with Gasteiger partial charge >= 0.3 is 0 Å². The first kappa shape index (κ1) is 18.5. The number of hydrogen-bond donors (Lipinski definition) is 2. The zero-order valence-electron chi connectivity index (χ0n) is 16.5. The molecule has 0 aliphatic carbocycles.